The maximum absolute atomic E-state index is 2.41. The summed E-state index contributed by atoms with van der Waals surface area (Å²) in [6.45, 7) is 3.50. The topological polar surface area (TPSA) is 3.24 Å². The quantitative estimate of drug-likeness (QED) is 0.306. The molecule has 0 aromatic rings. The van der Waals surface area contributed by atoms with E-state index in [1.165, 1.54) is 17.5 Å². The minimum absolute atomic E-state index is 0.481. The van der Waals surface area contributed by atoms with Gasteiger partial charge >= 0.3 is 62.5 Å². The molecule has 0 radical (unpaired) electrons. The van der Waals surface area contributed by atoms with Crippen LogP contribution in [-0.2, 0) is 0 Å². The summed E-state index contributed by atoms with van der Waals surface area (Å²) in [6.07, 6.45) is 1.29. The standard InChI is InChI=1S/C6H15IN/c1-4-5-8(3)6-7-2/h4-6H2,1-3H3/q-1. The number of hydrogen-bond donors (Lipinski definition) is 0. The van der Waals surface area contributed by atoms with Gasteiger partial charge < -0.3 is 0 Å². The van der Waals surface area contributed by atoms with E-state index in [2.05, 4.69) is 23.8 Å². The molecule has 0 amide bonds. The van der Waals surface area contributed by atoms with Gasteiger partial charge in [-0.2, -0.15) is 0 Å². The van der Waals surface area contributed by atoms with Crippen LogP contribution in [0.3, 0.4) is 0 Å². The molecule has 0 saturated carbocycles. The molecule has 0 N–H and O–H groups in total. The minimum atomic E-state index is 0.481. The Morgan fingerprint density at radius 1 is 1.50 bits per heavy atom. The molecule has 0 aliphatic carbocycles. The molecule has 0 atom stereocenters. The second-order valence-electron chi connectivity index (χ2n) is 1.97. The molecule has 0 heterocycles. The summed E-state index contributed by atoms with van der Waals surface area (Å²) in [5.74, 6) is 0. The predicted octanol–water partition coefficient (Wildman–Crippen LogP) is -2.00. The fourth-order valence-electron chi connectivity index (χ4n) is 0.646. The molecule has 0 saturated heterocycles. The van der Waals surface area contributed by atoms with Gasteiger partial charge in [0.05, 0.1) is 0 Å². The number of rotatable bonds is 4. The van der Waals surface area contributed by atoms with E-state index in [0.29, 0.717) is 21.2 Å². The van der Waals surface area contributed by atoms with Crippen LogP contribution in [-0.4, -0.2) is 28.0 Å². The van der Waals surface area contributed by atoms with Gasteiger partial charge in [0.25, 0.3) is 0 Å². The normalized spacial score (nSPS) is 11.0. The van der Waals surface area contributed by atoms with Crippen LogP contribution in [0.25, 0.3) is 0 Å². The zero-order valence-corrected chi connectivity index (χ0v) is 8.10. The summed E-state index contributed by atoms with van der Waals surface area (Å²) in [5, 5.41) is 0. The molecule has 0 aromatic carbocycles. The van der Waals surface area contributed by atoms with Gasteiger partial charge in [0, 0.05) is 0 Å². The maximum atomic E-state index is 2.41. The Balaban J connectivity index is 2.92. The van der Waals surface area contributed by atoms with E-state index < -0.39 is 0 Å². The molecule has 0 unspecified atom stereocenters. The molecule has 52 valence electrons. The third-order valence-corrected chi connectivity index (χ3v) is 2.78. The molecule has 0 bridgehead atoms. The zero-order chi connectivity index (χ0) is 6.41. The van der Waals surface area contributed by atoms with Crippen LogP contribution in [0.2, 0.25) is 0 Å². The molecule has 1 nitrogen and oxygen atoms in total. The van der Waals surface area contributed by atoms with E-state index in [0.717, 1.165) is 0 Å². The number of hydrogen-bond acceptors (Lipinski definition) is 1. The average Bonchev–Trinajstić information content (AvgIpc) is 1.68. The van der Waals surface area contributed by atoms with Crippen LogP contribution in [0, 0.1) is 0 Å². The Hall–Kier alpha value is 0.690. The summed E-state index contributed by atoms with van der Waals surface area (Å²) in [4.78, 5) is 4.73. The van der Waals surface area contributed by atoms with Crippen LogP contribution in [0.15, 0.2) is 0 Å². The van der Waals surface area contributed by atoms with Gasteiger partial charge in [-0.05, 0) is 0 Å². The van der Waals surface area contributed by atoms with Crippen LogP contribution < -0.4 is 21.2 Å². The first kappa shape index (κ1) is 8.69. The van der Waals surface area contributed by atoms with Crippen LogP contribution >= 0.6 is 0 Å². The molecule has 0 spiro atoms. The van der Waals surface area contributed by atoms with E-state index in [4.69, 9.17) is 0 Å². The van der Waals surface area contributed by atoms with Crippen molar-refractivity contribution in [2.75, 3.05) is 23.1 Å². The fourth-order valence-corrected chi connectivity index (χ4v) is 2.15. The second kappa shape index (κ2) is 5.82. The van der Waals surface area contributed by atoms with E-state index in [-0.39, 0.29) is 0 Å². The van der Waals surface area contributed by atoms with Crippen molar-refractivity contribution in [3.05, 3.63) is 0 Å². The summed E-state index contributed by atoms with van der Waals surface area (Å²) < 4.78 is 1.35. The first-order chi connectivity index (χ1) is 3.81. The van der Waals surface area contributed by atoms with Crippen molar-refractivity contribution in [2.45, 2.75) is 13.3 Å². The molecular weight excluding hydrogens is 213 g/mol. The fraction of sp³-hybridized carbons (Fsp3) is 1.00. The van der Waals surface area contributed by atoms with Crippen molar-refractivity contribution in [3.63, 3.8) is 0 Å². The summed E-state index contributed by atoms with van der Waals surface area (Å²) in [6, 6.07) is 0. The Morgan fingerprint density at radius 2 is 2.12 bits per heavy atom. The third kappa shape index (κ3) is 4.84. The molecule has 0 fully saturated rings. The van der Waals surface area contributed by atoms with Gasteiger partial charge in [-0.15, -0.1) is 0 Å². The van der Waals surface area contributed by atoms with Crippen molar-refractivity contribution in [1.82, 2.24) is 4.90 Å². The summed E-state index contributed by atoms with van der Waals surface area (Å²) >= 11 is 0.481. The predicted molar refractivity (Wildman–Crippen MR) is 33.7 cm³/mol. The monoisotopic (exact) mass is 228 g/mol. The van der Waals surface area contributed by atoms with Crippen LogP contribution in [0.4, 0.5) is 0 Å². The van der Waals surface area contributed by atoms with Crippen molar-refractivity contribution in [2.24, 2.45) is 0 Å². The van der Waals surface area contributed by atoms with E-state index in [1.807, 2.05) is 0 Å². The zero-order valence-electron chi connectivity index (χ0n) is 5.95. The number of alkyl halides is 2. The Bertz CT molecular complexity index is 41.8. The van der Waals surface area contributed by atoms with E-state index in [9.17, 15) is 0 Å². The van der Waals surface area contributed by atoms with Crippen LogP contribution in [0.5, 0.6) is 0 Å². The van der Waals surface area contributed by atoms with E-state index in [1.54, 1.807) is 0 Å². The van der Waals surface area contributed by atoms with Crippen molar-refractivity contribution < 1.29 is 21.2 Å². The first-order valence-corrected chi connectivity index (χ1v) is 6.62. The molecule has 0 aliphatic heterocycles. The average molecular weight is 228 g/mol. The molecule has 0 aromatic heterocycles. The first-order valence-electron chi connectivity index (χ1n) is 2.93. The number of halogens is 1. The second-order valence-corrected chi connectivity index (χ2v) is 4.17. The molecular formula is C6H15IN-. The van der Waals surface area contributed by atoms with Crippen molar-refractivity contribution in [1.29, 1.82) is 0 Å². The molecule has 2 heteroatoms. The van der Waals surface area contributed by atoms with Gasteiger partial charge in [-0.25, -0.2) is 0 Å². The molecule has 0 aliphatic rings. The Morgan fingerprint density at radius 3 is 2.50 bits per heavy atom. The van der Waals surface area contributed by atoms with Gasteiger partial charge in [0.1, 0.15) is 0 Å². The third-order valence-electron chi connectivity index (χ3n) is 0.929. The van der Waals surface area contributed by atoms with Crippen molar-refractivity contribution >= 4 is 0 Å². The van der Waals surface area contributed by atoms with Gasteiger partial charge in [-0.1, -0.05) is 0 Å². The SMILES string of the molecule is CCCN(C)C[I-]C. The summed E-state index contributed by atoms with van der Waals surface area (Å²) in [5.41, 5.74) is 0. The molecule has 8 heavy (non-hydrogen) atoms. The Kier molecular flexibility index (Phi) is 6.32. The van der Waals surface area contributed by atoms with E-state index >= 15 is 0 Å². The summed E-state index contributed by atoms with van der Waals surface area (Å²) in [7, 11) is 2.20. The van der Waals surface area contributed by atoms with Crippen LogP contribution in [0.1, 0.15) is 13.3 Å². The Labute approximate surface area is 62.7 Å². The van der Waals surface area contributed by atoms with Gasteiger partial charge in [-0.3, -0.25) is 0 Å². The van der Waals surface area contributed by atoms with Gasteiger partial charge in [0.15, 0.2) is 0 Å². The van der Waals surface area contributed by atoms with Gasteiger partial charge in [0.2, 0.25) is 0 Å². The van der Waals surface area contributed by atoms with Crippen molar-refractivity contribution in [3.8, 4) is 0 Å². The number of nitrogens with zero attached hydrogens (tertiary/aromatic N) is 1. The molecule has 0 rings (SSSR count).